The molecule has 1 amide bonds. The van der Waals surface area contributed by atoms with E-state index < -0.39 is 5.41 Å². The third-order valence-corrected chi connectivity index (χ3v) is 6.53. The lowest BCUT2D eigenvalue weighted by molar-refractivity contribution is -0.140. The predicted molar refractivity (Wildman–Crippen MR) is 122 cm³/mol. The van der Waals surface area contributed by atoms with E-state index in [1.54, 1.807) is 0 Å². The fourth-order valence-electron chi connectivity index (χ4n) is 4.34. The molecule has 2 aliphatic heterocycles. The molecule has 1 N–H and O–H groups in total. The molecule has 0 radical (unpaired) electrons. The minimum absolute atomic E-state index is 0.0866. The van der Waals surface area contributed by atoms with Crippen LogP contribution in [0.25, 0.3) is 0 Å². The van der Waals surface area contributed by atoms with Gasteiger partial charge in [0.05, 0.1) is 11.1 Å². The molecule has 2 aromatic rings. The van der Waals surface area contributed by atoms with Gasteiger partial charge in [0.2, 0.25) is 5.91 Å². The molecule has 2 heterocycles. The number of ether oxygens (including phenoxy) is 1. The fourth-order valence-corrected chi connectivity index (χ4v) is 4.46. The molecule has 0 aliphatic carbocycles. The molecule has 5 nitrogen and oxygen atoms in total. The van der Waals surface area contributed by atoms with Gasteiger partial charge in [-0.15, -0.1) is 0 Å². The third kappa shape index (κ3) is 5.46. The molecule has 1 saturated heterocycles. The second-order valence-corrected chi connectivity index (χ2v) is 9.00. The number of carbonyl (C=O) groups excluding carboxylic acids is 1. The molecule has 164 valence electrons. The maximum Gasteiger partial charge on any atom is 0.226 e. The maximum atomic E-state index is 13.3. The Morgan fingerprint density at radius 2 is 1.84 bits per heavy atom. The van der Waals surface area contributed by atoms with Crippen LogP contribution in [0.3, 0.4) is 0 Å². The highest BCUT2D eigenvalue weighted by atomic mass is 35.5. The van der Waals surface area contributed by atoms with Crippen molar-refractivity contribution in [2.45, 2.75) is 45.1 Å². The lowest BCUT2D eigenvalue weighted by atomic mass is 9.74. The van der Waals surface area contributed by atoms with E-state index in [-0.39, 0.29) is 12.0 Å². The second-order valence-electron chi connectivity index (χ2n) is 8.56. The van der Waals surface area contributed by atoms with Crippen molar-refractivity contribution in [1.82, 2.24) is 5.32 Å². The van der Waals surface area contributed by atoms with Gasteiger partial charge in [-0.1, -0.05) is 58.7 Å². The maximum absolute atomic E-state index is 13.3. The van der Waals surface area contributed by atoms with E-state index in [0.29, 0.717) is 39.0 Å². The molecule has 6 heteroatoms. The largest absolute Gasteiger partial charge is 0.392 e. The molecular formula is C25H29ClN2O3. The van der Waals surface area contributed by atoms with E-state index in [2.05, 4.69) is 41.7 Å². The number of halogens is 1. The average Bonchev–Trinajstić information content (AvgIpc) is 3.24. The fraction of sp³-hybridized carbons (Fsp3) is 0.440. The Morgan fingerprint density at radius 3 is 2.55 bits per heavy atom. The Bertz CT molecular complexity index is 919. The van der Waals surface area contributed by atoms with Crippen molar-refractivity contribution in [1.29, 1.82) is 0 Å². The van der Waals surface area contributed by atoms with Gasteiger partial charge in [0, 0.05) is 37.6 Å². The first kappa shape index (κ1) is 21.8. The predicted octanol–water partition coefficient (Wildman–Crippen LogP) is 4.69. The van der Waals surface area contributed by atoms with E-state index in [1.165, 1.54) is 5.56 Å². The minimum Gasteiger partial charge on any atom is -0.392 e. The summed E-state index contributed by atoms with van der Waals surface area (Å²) in [6.45, 7) is 3.87. The van der Waals surface area contributed by atoms with Crippen LogP contribution in [0.4, 0.5) is 0 Å². The average molecular weight is 441 g/mol. The van der Waals surface area contributed by atoms with Crippen LogP contribution in [0, 0.1) is 12.3 Å². The number of oxime groups is 1. The highest BCUT2D eigenvalue weighted by Crippen LogP contribution is 2.38. The van der Waals surface area contributed by atoms with E-state index in [1.807, 2.05) is 24.3 Å². The zero-order valence-electron chi connectivity index (χ0n) is 17.9. The van der Waals surface area contributed by atoms with E-state index in [4.69, 9.17) is 21.2 Å². The van der Waals surface area contributed by atoms with E-state index in [9.17, 15) is 4.79 Å². The van der Waals surface area contributed by atoms with Gasteiger partial charge in [-0.05, 0) is 49.4 Å². The summed E-state index contributed by atoms with van der Waals surface area (Å²) in [5, 5.41) is 8.20. The lowest BCUT2D eigenvalue weighted by Gasteiger charge is -2.37. The first-order valence-corrected chi connectivity index (χ1v) is 11.3. The van der Waals surface area contributed by atoms with Gasteiger partial charge in [0.1, 0.15) is 6.10 Å². The topological polar surface area (TPSA) is 59.9 Å². The van der Waals surface area contributed by atoms with Crippen LogP contribution >= 0.6 is 11.6 Å². The Balaban J connectivity index is 1.35. The summed E-state index contributed by atoms with van der Waals surface area (Å²) in [5.74, 6) is 0.0946. The number of nitrogens with one attached hydrogen (secondary N) is 1. The number of hydrogen-bond acceptors (Lipinski definition) is 4. The zero-order chi connectivity index (χ0) is 21.7. The smallest absolute Gasteiger partial charge is 0.226 e. The Hall–Kier alpha value is -2.37. The van der Waals surface area contributed by atoms with Crippen LogP contribution in [0.5, 0.6) is 0 Å². The van der Waals surface area contributed by atoms with Gasteiger partial charge >= 0.3 is 0 Å². The summed E-state index contributed by atoms with van der Waals surface area (Å²) in [4.78, 5) is 19.0. The van der Waals surface area contributed by atoms with Crippen LogP contribution in [-0.4, -0.2) is 37.5 Å². The molecular weight excluding hydrogens is 412 g/mol. The number of amides is 1. The summed E-state index contributed by atoms with van der Waals surface area (Å²) in [7, 11) is 0. The van der Waals surface area contributed by atoms with E-state index in [0.717, 1.165) is 34.7 Å². The number of benzene rings is 2. The summed E-state index contributed by atoms with van der Waals surface area (Å²) in [5.41, 5.74) is 3.94. The summed E-state index contributed by atoms with van der Waals surface area (Å²) in [6.07, 6.45) is 3.48. The second kappa shape index (κ2) is 9.84. The van der Waals surface area contributed by atoms with Crippen molar-refractivity contribution >= 4 is 23.2 Å². The standard InChI is InChI=1S/C25H29ClN2O3/c1-18-2-6-20(7-3-18)23-16-22(31-28-23)17-25(11-14-30-15-12-25)24(29)27-13-10-19-4-8-21(26)9-5-19/h2-9,22H,10-17H2,1H3,(H,27,29)/t22-/m0/s1. The summed E-state index contributed by atoms with van der Waals surface area (Å²) >= 11 is 5.95. The van der Waals surface area contributed by atoms with Gasteiger partial charge in [-0.3, -0.25) is 4.79 Å². The van der Waals surface area contributed by atoms with E-state index >= 15 is 0 Å². The number of carbonyl (C=O) groups is 1. The molecule has 4 rings (SSSR count). The van der Waals surface area contributed by atoms with Gasteiger partial charge in [0.15, 0.2) is 0 Å². The number of hydrogen-bond donors (Lipinski definition) is 1. The molecule has 2 aliphatic rings. The molecule has 0 saturated carbocycles. The molecule has 1 atom stereocenters. The Kier molecular flexibility index (Phi) is 6.93. The molecule has 0 aromatic heterocycles. The molecule has 0 unspecified atom stereocenters. The molecule has 0 spiro atoms. The van der Waals surface area contributed by atoms with Crippen molar-refractivity contribution in [2.24, 2.45) is 10.6 Å². The Labute approximate surface area is 188 Å². The van der Waals surface area contributed by atoms with Gasteiger partial charge in [-0.25, -0.2) is 0 Å². The monoisotopic (exact) mass is 440 g/mol. The first-order valence-electron chi connectivity index (χ1n) is 10.9. The van der Waals surface area contributed by atoms with Crippen molar-refractivity contribution in [3.05, 3.63) is 70.2 Å². The molecule has 2 aromatic carbocycles. The van der Waals surface area contributed by atoms with Crippen LogP contribution in [0.15, 0.2) is 53.7 Å². The van der Waals surface area contributed by atoms with Crippen LogP contribution in [0.2, 0.25) is 5.02 Å². The van der Waals surface area contributed by atoms with Crippen molar-refractivity contribution in [3.8, 4) is 0 Å². The minimum atomic E-state index is -0.471. The first-order chi connectivity index (χ1) is 15.0. The van der Waals surface area contributed by atoms with Crippen LogP contribution in [0.1, 0.15) is 42.4 Å². The van der Waals surface area contributed by atoms with Crippen LogP contribution in [-0.2, 0) is 20.8 Å². The van der Waals surface area contributed by atoms with Gasteiger partial charge in [0.25, 0.3) is 0 Å². The number of aryl methyl sites for hydroxylation is 1. The molecule has 31 heavy (non-hydrogen) atoms. The zero-order valence-corrected chi connectivity index (χ0v) is 18.7. The summed E-state index contributed by atoms with van der Waals surface area (Å²) in [6, 6.07) is 16.1. The highest BCUT2D eigenvalue weighted by Gasteiger charge is 2.43. The van der Waals surface area contributed by atoms with Crippen molar-refractivity contribution in [2.75, 3.05) is 19.8 Å². The molecule has 1 fully saturated rings. The summed E-state index contributed by atoms with van der Waals surface area (Å²) < 4.78 is 5.56. The van der Waals surface area contributed by atoms with Gasteiger partial charge in [-0.2, -0.15) is 0 Å². The van der Waals surface area contributed by atoms with Crippen molar-refractivity contribution in [3.63, 3.8) is 0 Å². The van der Waals surface area contributed by atoms with Gasteiger partial charge < -0.3 is 14.9 Å². The quantitative estimate of drug-likeness (QED) is 0.679. The number of nitrogens with zero attached hydrogens (tertiary/aromatic N) is 1. The molecule has 0 bridgehead atoms. The lowest BCUT2D eigenvalue weighted by Crippen LogP contribution is -2.47. The van der Waals surface area contributed by atoms with Crippen LogP contribution < -0.4 is 5.32 Å². The third-order valence-electron chi connectivity index (χ3n) is 6.28. The number of rotatable bonds is 7. The normalized spacial score (nSPS) is 20.1. The highest BCUT2D eigenvalue weighted by molar-refractivity contribution is 6.30. The Morgan fingerprint density at radius 1 is 1.13 bits per heavy atom. The van der Waals surface area contributed by atoms with Crippen molar-refractivity contribution < 1.29 is 14.4 Å². The SMILES string of the molecule is Cc1ccc(C2=NO[C@H](CC3(C(=O)NCCc4ccc(Cl)cc4)CCOCC3)C2)cc1.